The summed E-state index contributed by atoms with van der Waals surface area (Å²) >= 11 is 1.47. The highest BCUT2D eigenvalue weighted by molar-refractivity contribution is 7.09. The number of nitrogens with zero attached hydrogens (tertiary/aromatic N) is 1. The normalized spacial score (nSPS) is 8.58. The molecule has 4 heteroatoms. The highest BCUT2D eigenvalue weighted by atomic mass is 32.1. The average Bonchev–Trinajstić information content (AvgIpc) is 2.39. The molecule has 0 aromatic carbocycles. The molecular formula is C8H13NO2S. The zero-order chi connectivity index (χ0) is 9.56. The predicted octanol–water partition coefficient (Wildman–Crippen LogP) is 2.10. The highest BCUT2D eigenvalue weighted by Crippen LogP contribution is 2.07. The van der Waals surface area contributed by atoms with Crippen molar-refractivity contribution >= 4 is 17.3 Å². The topological polar surface area (TPSA) is 50.2 Å². The second-order valence-electron chi connectivity index (χ2n) is 1.93. The number of rotatable bonds is 2. The molecule has 1 rings (SSSR count). The Bertz CT molecular complexity index is 245. The molecule has 0 saturated heterocycles. The van der Waals surface area contributed by atoms with Gasteiger partial charge in [-0.15, -0.1) is 11.3 Å². The van der Waals surface area contributed by atoms with E-state index in [0.717, 1.165) is 5.01 Å². The van der Waals surface area contributed by atoms with E-state index < -0.39 is 5.97 Å². The largest absolute Gasteiger partial charge is 0.481 e. The second-order valence-corrected chi connectivity index (χ2v) is 2.99. The predicted molar refractivity (Wildman–Crippen MR) is 49.5 cm³/mol. The van der Waals surface area contributed by atoms with Gasteiger partial charge in [0, 0.05) is 5.38 Å². The van der Waals surface area contributed by atoms with Crippen LogP contribution in [0.25, 0.3) is 0 Å². The van der Waals surface area contributed by atoms with Crippen LogP contribution in [-0.2, 0) is 11.2 Å². The van der Waals surface area contributed by atoms with Crippen molar-refractivity contribution in [1.29, 1.82) is 0 Å². The lowest BCUT2D eigenvalue weighted by atomic mass is 10.3. The minimum Gasteiger partial charge on any atom is -0.481 e. The maximum absolute atomic E-state index is 10.1. The monoisotopic (exact) mass is 187 g/mol. The molecule has 1 N–H and O–H groups in total. The van der Waals surface area contributed by atoms with Gasteiger partial charge in [-0.05, 0) is 6.92 Å². The number of aromatic nitrogens is 1. The Balaban J connectivity index is 0.000000561. The number of carboxylic acids is 1. The number of hydrogen-bond acceptors (Lipinski definition) is 3. The minimum absolute atomic E-state index is 0.0321. The van der Waals surface area contributed by atoms with Crippen molar-refractivity contribution in [2.75, 3.05) is 0 Å². The Labute approximate surface area is 76.1 Å². The summed E-state index contributed by atoms with van der Waals surface area (Å²) in [6, 6.07) is 0. The number of aliphatic carboxylic acids is 1. The smallest absolute Gasteiger partial charge is 0.309 e. The molecule has 0 radical (unpaired) electrons. The Hall–Kier alpha value is -0.900. The van der Waals surface area contributed by atoms with Gasteiger partial charge < -0.3 is 5.11 Å². The minimum atomic E-state index is -0.828. The molecule has 0 fully saturated rings. The van der Waals surface area contributed by atoms with Crippen molar-refractivity contribution in [2.24, 2.45) is 0 Å². The van der Waals surface area contributed by atoms with Crippen LogP contribution in [0.3, 0.4) is 0 Å². The summed E-state index contributed by atoms with van der Waals surface area (Å²) in [6.45, 7) is 5.86. The Morgan fingerprint density at radius 1 is 1.67 bits per heavy atom. The first kappa shape index (κ1) is 11.1. The number of carbonyl (C=O) groups is 1. The summed E-state index contributed by atoms with van der Waals surface area (Å²) in [6.07, 6.45) is 0.0321. The molecular weight excluding hydrogens is 174 g/mol. The van der Waals surface area contributed by atoms with Crippen LogP contribution in [0.4, 0.5) is 0 Å². The van der Waals surface area contributed by atoms with Gasteiger partial charge in [-0.2, -0.15) is 0 Å². The number of aryl methyl sites for hydroxylation is 1. The van der Waals surface area contributed by atoms with E-state index in [1.165, 1.54) is 11.3 Å². The van der Waals surface area contributed by atoms with Crippen LogP contribution < -0.4 is 0 Å². The summed E-state index contributed by atoms with van der Waals surface area (Å²) < 4.78 is 0. The zero-order valence-electron chi connectivity index (χ0n) is 7.50. The molecule has 0 aliphatic rings. The van der Waals surface area contributed by atoms with Crippen molar-refractivity contribution in [3.8, 4) is 0 Å². The van der Waals surface area contributed by atoms with Crippen LogP contribution in [0.1, 0.15) is 24.5 Å². The lowest BCUT2D eigenvalue weighted by Gasteiger charge is -1.85. The standard InChI is InChI=1S/C6H7NO2S.C2H6/c1-4-7-5(3-10-4)2-6(8)9;1-2/h3H,2H2,1H3,(H,8,9);1-2H3. The van der Waals surface area contributed by atoms with Crippen LogP contribution in [0.5, 0.6) is 0 Å². The number of carboxylic acid groups (broad SMARTS) is 1. The third-order valence-corrected chi connectivity index (χ3v) is 1.82. The van der Waals surface area contributed by atoms with E-state index >= 15 is 0 Å². The number of thiazole rings is 1. The van der Waals surface area contributed by atoms with E-state index in [0.29, 0.717) is 5.69 Å². The van der Waals surface area contributed by atoms with Gasteiger partial charge in [0.15, 0.2) is 0 Å². The second kappa shape index (κ2) is 5.71. The van der Waals surface area contributed by atoms with E-state index in [2.05, 4.69) is 4.98 Å². The van der Waals surface area contributed by atoms with E-state index in [-0.39, 0.29) is 6.42 Å². The molecule has 1 aromatic heterocycles. The first-order chi connectivity index (χ1) is 5.68. The first-order valence-electron chi connectivity index (χ1n) is 3.81. The van der Waals surface area contributed by atoms with Crippen molar-refractivity contribution in [2.45, 2.75) is 27.2 Å². The molecule has 12 heavy (non-hydrogen) atoms. The van der Waals surface area contributed by atoms with Gasteiger partial charge in [0.2, 0.25) is 0 Å². The summed E-state index contributed by atoms with van der Waals surface area (Å²) in [7, 11) is 0. The van der Waals surface area contributed by atoms with Crippen LogP contribution in [0.15, 0.2) is 5.38 Å². The van der Waals surface area contributed by atoms with Crippen molar-refractivity contribution in [1.82, 2.24) is 4.98 Å². The molecule has 0 atom stereocenters. The van der Waals surface area contributed by atoms with Crippen molar-refractivity contribution in [3.63, 3.8) is 0 Å². The van der Waals surface area contributed by atoms with Crippen molar-refractivity contribution in [3.05, 3.63) is 16.1 Å². The van der Waals surface area contributed by atoms with Gasteiger partial charge in [-0.1, -0.05) is 13.8 Å². The van der Waals surface area contributed by atoms with E-state index in [1.807, 2.05) is 20.8 Å². The van der Waals surface area contributed by atoms with Gasteiger partial charge >= 0.3 is 5.97 Å². The third kappa shape index (κ3) is 4.08. The average molecular weight is 187 g/mol. The van der Waals surface area contributed by atoms with E-state index in [1.54, 1.807) is 5.38 Å². The summed E-state index contributed by atoms with van der Waals surface area (Å²) in [4.78, 5) is 14.1. The zero-order valence-corrected chi connectivity index (χ0v) is 8.31. The Morgan fingerprint density at radius 3 is 2.58 bits per heavy atom. The number of hydrogen-bond donors (Lipinski definition) is 1. The van der Waals surface area contributed by atoms with Gasteiger partial charge in [0.05, 0.1) is 17.1 Å². The quantitative estimate of drug-likeness (QED) is 0.771. The fraction of sp³-hybridized carbons (Fsp3) is 0.500. The molecule has 0 unspecified atom stereocenters. The van der Waals surface area contributed by atoms with Crippen LogP contribution >= 0.6 is 11.3 Å². The van der Waals surface area contributed by atoms with Crippen molar-refractivity contribution < 1.29 is 9.90 Å². The Morgan fingerprint density at radius 2 is 2.25 bits per heavy atom. The lowest BCUT2D eigenvalue weighted by Crippen LogP contribution is -1.99. The van der Waals surface area contributed by atoms with Gasteiger partial charge in [0.1, 0.15) is 0 Å². The molecule has 1 aromatic rings. The summed E-state index contributed by atoms with van der Waals surface area (Å²) in [5, 5.41) is 11.0. The van der Waals surface area contributed by atoms with Crippen LogP contribution in [-0.4, -0.2) is 16.1 Å². The molecule has 0 aliphatic carbocycles. The summed E-state index contributed by atoms with van der Waals surface area (Å²) in [5.74, 6) is -0.828. The fourth-order valence-corrected chi connectivity index (χ4v) is 1.26. The Kier molecular flexibility index (Phi) is 5.28. The molecule has 0 bridgehead atoms. The third-order valence-electron chi connectivity index (χ3n) is 0.999. The first-order valence-corrected chi connectivity index (χ1v) is 4.69. The molecule has 1 heterocycles. The SMILES string of the molecule is CC.Cc1nc(CC(=O)O)cs1. The molecule has 0 amide bonds. The molecule has 3 nitrogen and oxygen atoms in total. The fourth-order valence-electron chi connectivity index (χ4n) is 0.644. The van der Waals surface area contributed by atoms with Crippen LogP contribution in [0, 0.1) is 6.92 Å². The molecule has 0 spiro atoms. The van der Waals surface area contributed by atoms with E-state index in [9.17, 15) is 4.79 Å². The lowest BCUT2D eigenvalue weighted by molar-refractivity contribution is -0.136. The van der Waals surface area contributed by atoms with Gasteiger partial charge in [0.25, 0.3) is 0 Å². The van der Waals surface area contributed by atoms with Crippen LogP contribution in [0.2, 0.25) is 0 Å². The molecule has 0 aliphatic heterocycles. The highest BCUT2D eigenvalue weighted by Gasteiger charge is 2.02. The molecule has 0 saturated carbocycles. The maximum atomic E-state index is 10.1. The van der Waals surface area contributed by atoms with Gasteiger partial charge in [-0.25, -0.2) is 4.98 Å². The maximum Gasteiger partial charge on any atom is 0.309 e. The van der Waals surface area contributed by atoms with E-state index in [4.69, 9.17) is 5.11 Å². The molecule has 68 valence electrons. The summed E-state index contributed by atoms with van der Waals surface area (Å²) in [5.41, 5.74) is 0.648. The van der Waals surface area contributed by atoms with Gasteiger partial charge in [-0.3, -0.25) is 4.79 Å².